The molecular formula is C29H38N4O. The van der Waals surface area contributed by atoms with Crippen molar-refractivity contribution in [2.45, 2.75) is 53.1 Å². The summed E-state index contributed by atoms with van der Waals surface area (Å²) in [5, 5.41) is 21.3. The second-order valence-corrected chi connectivity index (χ2v) is 9.29. The number of aromatic hydroxyl groups is 1. The number of rotatable bonds is 7. The Labute approximate surface area is 204 Å². The topological polar surface area (TPSA) is 62.1 Å². The van der Waals surface area contributed by atoms with Gasteiger partial charge in [-0.3, -0.25) is 4.68 Å². The van der Waals surface area contributed by atoms with E-state index in [4.69, 9.17) is 0 Å². The molecule has 0 saturated carbocycles. The monoisotopic (exact) mass is 458 g/mol. The van der Waals surface area contributed by atoms with Gasteiger partial charge in [-0.05, 0) is 73.5 Å². The van der Waals surface area contributed by atoms with E-state index in [1.54, 1.807) is 12.1 Å². The molecule has 2 aromatic carbocycles. The number of allylic oxidation sites excluding steroid dienone is 1. The smallest absolute Gasteiger partial charge is 0.152 e. The van der Waals surface area contributed by atoms with E-state index in [0.29, 0.717) is 18.5 Å². The van der Waals surface area contributed by atoms with E-state index in [1.807, 2.05) is 36.7 Å². The molecule has 3 N–H and O–H groups in total. The number of aryl methyl sites for hydroxylation is 2. The molecule has 1 aromatic heterocycles. The molecule has 34 heavy (non-hydrogen) atoms. The number of aromatic nitrogens is 2. The van der Waals surface area contributed by atoms with Gasteiger partial charge in [-0.15, -0.1) is 6.58 Å². The number of benzene rings is 2. The minimum atomic E-state index is 0.276. The van der Waals surface area contributed by atoms with Gasteiger partial charge in [0.25, 0.3) is 0 Å². The number of nitrogens with one attached hydrogen (secondary N) is 2. The summed E-state index contributed by atoms with van der Waals surface area (Å²) in [5.74, 6) is 1.69. The van der Waals surface area contributed by atoms with E-state index in [1.165, 1.54) is 18.4 Å². The second-order valence-electron chi connectivity index (χ2n) is 9.29. The molecule has 2 heterocycles. The Morgan fingerprint density at radius 3 is 2.53 bits per heavy atom. The Morgan fingerprint density at radius 2 is 1.91 bits per heavy atom. The van der Waals surface area contributed by atoms with Gasteiger partial charge in [-0.1, -0.05) is 56.8 Å². The second kappa shape index (κ2) is 11.7. The number of phenolic OH excluding ortho intramolecular Hbond substituents is 1. The van der Waals surface area contributed by atoms with Crippen LogP contribution in [0.5, 0.6) is 5.75 Å². The van der Waals surface area contributed by atoms with Crippen LogP contribution < -0.4 is 10.6 Å². The van der Waals surface area contributed by atoms with Crippen LogP contribution in [-0.2, 0) is 6.54 Å². The maximum absolute atomic E-state index is 9.77. The van der Waals surface area contributed by atoms with E-state index >= 15 is 0 Å². The van der Waals surface area contributed by atoms with Crippen molar-refractivity contribution >= 4 is 11.5 Å². The largest absolute Gasteiger partial charge is 0.508 e. The normalized spacial score (nSPS) is 15.0. The maximum atomic E-state index is 9.77. The Hall–Kier alpha value is -3.31. The van der Waals surface area contributed by atoms with Gasteiger partial charge in [0.2, 0.25) is 0 Å². The number of hydrogen-bond donors (Lipinski definition) is 3. The van der Waals surface area contributed by atoms with Crippen LogP contribution in [-0.4, -0.2) is 21.4 Å². The summed E-state index contributed by atoms with van der Waals surface area (Å²) in [6, 6.07) is 16.5. The molecular weight excluding hydrogens is 420 g/mol. The van der Waals surface area contributed by atoms with Gasteiger partial charge in [-0.2, -0.15) is 5.10 Å². The summed E-state index contributed by atoms with van der Waals surface area (Å²) < 4.78 is 1.94. The molecule has 4 rings (SSSR count). The van der Waals surface area contributed by atoms with Crippen LogP contribution in [0.1, 0.15) is 60.7 Å². The number of hydrogen-bond acceptors (Lipinski definition) is 4. The van der Waals surface area contributed by atoms with Crippen LogP contribution in [0.2, 0.25) is 0 Å². The van der Waals surface area contributed by atoms with E-state index < -0.39 is 0 Å². The maximum Gasteiger partial charge on any atom is 0.152 e. The zero-order chi connectivity index (χ0) is 24.7. The molecule has 1 fully saturated rings. The molecule has 0 aliphatic carbocycles. The van der Waals surface area contributed by atoms with Gasteiger partial charge in [-0.25, -0.2) is 0 Å². The first-order valence-electron chi connectivity index (χ1n) is 12.0. The Balaban J connectivity index is 0.000000588. The predicted octanol–water partition coefficient (Wildman–Crippen LogP) is 6.59. The van der Waals surface area contributed by atoms with E-state index in [9.17, 15) is 5.11 Å². The molecule has 1 aliphatic rings. The van der Waals surface area contributed by atoms with Crippen LogP contribution in [0, 0.1) is 19.8 Å². The quantitative estimate of drug-likeness (QED) is 0.350. The lowest BCUT2D eigenvalue weighted by Gasteiger charge is -2.12. The van der Waals surface area contributed by atoms with Gasteiger partial charge in [0.1, 0.15) is 5.75 Å². The molecule has 1 saturated heterocycles. The lowest BCUT2D eigenvalue weighted by Crippen LogP contribution is -2.12. The van der Waals surface area contributed by atoms with Crippen molar-refractivity contribution in [3.63, 3.8) is 0 Å². The van der Waals surface area contributed by atoms with Crippen molar-refractivity contribution in [1.29, 1.82) is 0 Å². The summed E-state index contributed by atoms with van der Waals surface area (Å²) in [4.78, 5) is 0. The fraction of sp³-hybridized carbons (Fsp3) is 0.345. The van der Waals surface area contributed by atoms with E-state index in [2.05, 4.69) is 67.0 Å². The molecule has 1 aliphatic heterocycles. The van der Waals surface area contributed by atoms with Gasteiger partial charge in [0.05, 0.1) is 6.54 Å². The zero-order valence-electron chi connectivity index (χ0n) is 20.9. The molecule has 0 radical (unpaired) electrons. The molecule has 1 atom stereocenters. The van der Waals surface area contributed by atoms with E-state index in [0.717, 1.165) is 40.4 Å². The minimum Gasteiger partial charge on any atom is -0.508 e. The van der Waals surface area contributed by atoms with Crippen LogP contribution in [0.25, 0.3) is 5.70 Å². The van der Waals surface area contributed by atoms with Crippen molar-refractivity contribution in [3.05, 3.63) is 95.7 Å². The Kier molecular flexibility index (Phi) is 8.72. The zero-order valence-corrected chi connectivity index (χ0v) is 20.9. The molecule has 0 bridgehead atoms. The Morgan fingerprint density at radius 1 is 1.21 bits per heavy atom. The van der Waals surface area contributed by atoms with Gasteiger partial charge < -0.3 is 15.7 Å². The summed E-state index contributed by atoms with van der Waals surface area (Å²) in [7, 11) is 0. The highest BCUT2D eigenvalue weighted by Crippen LogP contribution is 2.25. The third-order valence-electron chi connectivity index (χ3n) is 6.11. The third kappa shape index (κ3) is 6.84. The predicted molar refractivity (Wildman–Crippen MR) is 143 cm³/mol. The summed E-state index contributed by atoms with van der Waals surface area (Å²) in [6.07, 6.45) is 4.36. The SMILES string of the molecule is C=C(Nc1cc(C)n(Cc2cc(O)ccc2C)n1)c1ccc(C2CCCN2)cc1.C=CC(C)C. The summed E-state index contributed by atoms with van der Waals surface area (Å²) in [5.41, 5.74) is 6.45. The average Bonchev–Trinajstić information content (AvgIpc) is 3.47. The lowest BCUT2D eigenvalue weighted by atomic mass is 10.0. The summed E-state index contributed by atoms with van der Waals surface area (Å²) in [6.45, 7) is 17.7. The van der Waals surface area contributed by atoms with Crippen LogP contribution in [0.4, 0.5) is 5.82 Å². The highest BCUT2D eigenvalue weighted by Gasteiger charge is 2.16. The average molecular weight is 459 g/mol. The van der Waals surface area contributed by atoms with Gasteiger partial charge in [0.15, 0.2) is 5.82 Å². The molecule has 180 valence electrons. The highest BCUT2D eigenvalue weighted by atomic mass is 16.3. The van der Waals surface area contributed by atoms with Crippen molar-refractivity contribution < 1.29 is 5.11 Å². The molecule has 0 spiro atoms. The molecule has 5 nitrogen and oxygen atoms in total. The summed E-state index contributed by atoms with van der Waals surface area (Å²) >= 11 is 0. The third-order valence-corrected chi connectivity index (χ3v) is 6.11. The van der Waals surface area contributed by atoms with Crippen molar-refractivity contribution in [2.75, 3.05) is 11.9 Å². The standard InChI is InChI=1S/C24H28N4O.C5H10/c1-16-6-11-22(29)14-21(16)15-28-17(2)13-24(27-28)26-18(3)19-7-9-20(10-8-19)23-5-4-12-25-23;1-4-5(2)3/h6-11,13-14,23,25,29H,3-5,12,15H2,1-2H3,(H,26,27);4-5H,1H2,2-3H3. The number of phenols is 1. The Bertz CT molecular complexity index is 1110. The lowest BCUT2D eigenvalue weighted by molar-refractivity contribution is 0.473. The molecule has 0 amide bonds. The number of nitrogens with zero attached hydrogens (tertiary/aromatic N) is 2. The van der Waals surface area contributed by atoms with Crippen LogP contribution >= 0.6 is 0 Å². The first-order chi connectivity index (χ1) is 16.3. The number of anilines is 1. The van der Waals surface area contributed by atoms with Crippen molar-refractivity contribution in [1.82, 2.24) is 15.1 Å². The van der Waals surface area contributed by atoms with Crippen LogP contribution in [0.3, 0.4) is 0 Å². The van der Waals surface area contributed by atoms with Gasteiger partial charge in [0, 0.05) is 23.5 Å². The fourth-order valence-corrected chi connectivity index (χ4v) is 3.83. The first-order valence-corrected chi connectivity index (χ1v) is 12.0. The molecule has 3 aromatic rings. The highest BCUT2D eigenvalue weighted by molar-refractivity contribution is 5.73. The fourth-order valence-electron chi connectivity index (χ4n) is 3.83. The first kappa shape index (κ1) is 25.3. The van der Waals surface area contributed by atoms with Crippen LogP contribution in [0.15, 0.2) is 67.8 Å². The molecule has 5 heteroatoms. The van der Waals surface area contributed by atoms with Crippen molar-refractivity contribution in [2.24, 2.45) is 5.92 Å². The van der Waals surface area contributed by atoms with E-state index in [-0.39, 0.29) is 5.75 Å². The van der Waals surface area contributed by atoms with Crippen molar-refractivity contribution in [3.8, 4) is 5.75 Å². The van der Waals surface area contributed by atoms with Gasteiger partial charge >= 0.3 is 0 Å². The molecule has 1 unspecified atom stereocenters. The minimum absolute atomic E-state index is 0.276.